The van der Waals surface area contributed by atoms with Gasteiger partial charge < -0.3 is 10.6 Å². The van der Waals surface area contributed by atoms with E-state index in [-0.39, 0.29) is 11.5 Å². The number of carbonyl (C=O) groups is 1. The fourth-order valence-corrected chi connectivity index (χ4v) is 2.68. The fraction of sp³-hybridized carbons (Fsp3) is 0.562. The highest BCUT2D eigenvalue weighted by Crippen LogP contribution is 2.34. The highest BCUT2D eigenvalue weighted by Gasteiger charge is 2.32. The van der Waals surface area contributed by atoms with Crippen molar-refractivity contribution in [2.75, 3.05) is 19.6 Å². The van der Waals surface area contributed by atoms with Crippen molar-refractivity contribution >= 4 is 5.91 Å². The van der Waals surface area contributed by atoms with Gasteiger partial charge in [-0.1, -0.05) is 6.92 Å². The summed E-state index contributed by atoms with van der Waals surface area (Å²) in [6.07, 6.45) is -2.12. The summed E-state index contributed by atoms with van der Waals surface area (Å²) in [6.45, 7) is 3.93. The van der Waals surface area contributed by atoms with Crippen molar-refractivity contribution in [3.8, 4) is 0 Å². The normalized spacial score (nSPS) is 16.5. The lowest BCUT2D eigenvalue weighted by atomic mass is 9.88. The number of piperidine rings is 1. The number of benzene rings is 1. The predicted molar refractivity (Wildman–Crippen MR) is 78.9 cm³/mol. The first kappa shape index (κ1) is 16.8. The van der Waals surface area contributed by atoms with Gasteiger partial charge in [-0.05, 0) is 62.0 Å². The van der Waals surface area contributed by atoms with Crippen LogP contribution in [0.5, 0.6) is 0 Å². The molecule has 0 radical (unpaired) electrons. The van der Waals surface area contributed by atoms with Gasteiger partial charge in [-0.3, -0.25) is 4.79 Å². The third-order valence-corrected chi connectivity index (χ3v) is 3.89. The van der Waals surface area contributed by atoms with Gasteiger partial charge in [0.25, 0.3) is 5.91 Å². The van der Waals surface area contributed by atoms with Crippen LogP contribution >= 0.6 is 0 Å². The Balaban J connectivity index is 2.33. The Bertz CT molecular complexity index is 523. The van der Waals surface area contributed by atoms with Crippen LogP contribution in [-0.4, -0.2) is 25.5 Å². The van der Waals surface area contributed by atoms with Crippen molar-refractivity contribution in [1.29, 1.82) is 0 Å². The maximum Gasteiger partial charge on any atom is 0.416 e. The molecule has 1 aromatic rings. The molecule has 1 aromatic carbocycles. The van der Waals surface area contributed by atoms with Crippen LogP contribution in [0.1, 0.15) is 53.6 Å². The second kappa shape index (κ2) is 7.13. The molecule has 0 spiro atoms. The van der Waals surface area contributed by atoms with Crippen LogP contribution in [-0.2, 0) is 6.18 Å². The molecule has 2 N–H and O–H groups in total. The predicted octanol–water partition coefficient (Wildman–Crippen LogP) is 3.31. The van der Waals surface area contributed by atoms with Gasteiger partial charge in [0.15, 0.2) is 0 Å². The first-order valence-electron chi connectivity index (χ1n) is 7.63. The molecule has 2 rings (SSSR count). The monoisotopic (exact) mass is 314 g/mol. The third kappa shape index (κ3) is 4.22. The molecule has 0 aliphatic carbocycles. The van der Waals surface area contributed by atoms with E-state index >= 15 is 0 Å². The quantitative estimate of drug-likeness (QED) is 0.895. The second-order valence-corrected chi connectivity index (χ2v) is 5.62. The Kier molecular flexibility index (Phi) is 5.45. The van der Waals surface area contributed by atoms with E-state index in [1.54, 1.807) is 6.07 Å². The van der Waals surface area contributed by atoms with Crippen LogP contribution in [0, 0.1) is 0 Å². The summed E-state index contributed by atoms with van der Waals surface area (Å²) in [4.78, 5) is 12.0. The highest BCUT2D eigenvalue weighted by atomic mass is 19.4. The summed E-state index contributed by atoms with van der Waals surface area (Å²) in [5, 5.41) is 5.83. The van der Waals surface area contributed by atoms with Crippen molar-refractivity contribution in [1.82, 2.24) is 10.6 Å². The van der Waals surface area contributed by atoms with Crippen LogP contribution in [0.2, 0.25) is 0 Å². The summed E-state index contributed by atoms with van der Waals surface area (Å²) < 4.78 is 39.3. The van der Waals surface area contributed by atoms with Crippen LogP contribution in [0.15, 0.2) is 18.2 Å². The first-order chi connectivity index (χ1) is 10.4. The molecule has 1 aliphatic rings. The minimum atomic E-state index is -4.44. The van der Waals surface area contributed by atoms with E-state index in [9.17, 15) is 18.0 Å². The van der Waals surface area contributed by atoms with E-state index in [0.29, 0.717) is 12.1 Å². The first-order valence-corrected chi connectivity index (χ1v) is 7.63. The topological polar surface area (TPSA) is 41.1 Å². The lowest BCUT2D eigenvalue weighted by Gasteiger charge is -2.24. The van der Waals surface area contributed by atoms with E-state index in [2.05, 4.69) is 10.6 Å². The molecular formula is C16H21F3N2O. The molecular weight excluding hydrogens is 293 g/mol. The van der Waals surface area contributed by atoms with Gasteiger partial charge in [-0.2, -0.15) is 13.2 Å². The Morgan fingerprint density at radius 1 is 1.27 bits per heavy atom. The molecule has 1 fully saturated rings. The Morgan fingerprint density at radius 2 is 1.95 bits per heavy atom. The number of nitrogens with one attached hydrogen (secondary N) is 2. The molecule has 0 bridgehead atoms. The van der Waals surface area contributed by atoms with Crippen molar-refractivity contribution in [3.05, 3.63) is 34.9 Å². The van der Waals surface area contributed by atoms with Crippen LogP contribution in [0.4, 0.5) is 13.2 Å². The van der Waals surface area contributed by atoms with Crippen LogP contribution < -0.4 is 10.6 Å². The molecule has 3 nitrogen and oxygen atoms in total. The summed E-state index contributed by atoms with van der Waals surface area (Å²) in [5.41, 5.74) is -0.0417. The SMILES string of the molecule is CCCNC(=O)c1cc(C2CCNCC2)cc(C(F)(F)F)c1. The van der Waals surface area contributed by atoms with Gasteiger partial charge in [-0.25, -0.2) is 0 Å². The zero-order valence-corrected chi connectivity index (χ0v) is 12.6. The van der Waals surface area contributed by atoms with Crippen molar-refractivity contribution < 1.29 is 18.0 Å². The molecule has 1 heterocycles. The molecule has 1 amide bonds. The van der Waals surface area contributed by atoms with Gasteiger partial charge >= 0.3 is 6.18 Å². The zero-order chi connectivity index (χ0) is 16.2. The summed E-state index contributed by atoms with van der Waals surface area (Å²) in [5.74, 6) is -0.371. The lowest BCUT2D eigenvalue weighted by molar-refractivity contribution is -0.137. The van der Waals surface area contributed by atoms with Gasteiger partial charge in [0.1, 0.15) is 0 Å². The number of halogens is 3. The van der Waals surface area contributed by atoms with Gasteiger partial charge in [-0.15, -0.1) is 0 Å². The molecule has 0 atom stereocenters. The maximum absolute atomic E-state index is 13.1. The van der Waals surface area contributed by atoms with E-state index in [1.165, 1.54) is 6.07 Å². The summed E-state index contributed by atoms with van der Waals surface area (Å²) in [7, 11) is 0. The number of carbonyl (C=O) groups excluding carboxylic acids is 1. The van der Waals surface area contributed by atoms with Crippen LogP contribution in [0.25, 0.3) is 0 Å². The largest absolute Gasteiger partial charge is 0.416 e. The standard InChI is InChI=1S/C16H21F3N2O/c1-2-5-21-15(22)13-8-12(11-3-6-20-7-4-11)9-14(10-13)16(17,18)19/h8-11,20H,2-7H2,1H3,(H,21,22). The van der Waals surface area contributed by atoms with Crippen molar-refractivity contribution in [2.24, 2.45) is 0 Å². The van der Waals surface area contributed by atoms with Crippen molar-refractivity contribution in [3.63, 3.8) is 0 Å². The number of hydrogen-bond donors (Lipinski definition) is 2. The number of hydrogen-bond acceptors (Lipinski definition) is 2. The second-order valence-electron chi connectivity index (χ2n) is 5.62. The smallest absolute Gasteiger partial charge is 0.352 e. The molecule has 0 unspecified atom stereocenters. The van der Waals surface area contributed by atoms with Gasteiger partial charge in [0, 0.05) is 12.1 Å². The fourth-order valence-electron chi connectivity index (χ4n) is 2.68. The van der Waals surface area contributed by atoms with E-state index in [1.807, 2.05) is 6.92 Å². The van der Waals surface area contributed by atoms with E-state index in [4.69, 9.17) is 0 Å². The molecule has 1 saturated heterocycles. The molecule has 22 heavy (non-hydrogen) atoms. The molecule has 1 aliphatic heterocycles. The van der Waals surface area contributed by atoms with E-state index < -0.39 is 17.6 Å². The highest BCUT2D eigenvalue weighted by molar-refractivity contribution is 5.94. The lowest BCUT2D eigenvalue weighted by Crippen LogP contribution is -2.28. The summed E-state index contributed by atoms with van der Waals surface area (Å²) >= 11 is 0. The minimum Gasteiger partial charge on any atom is -0.352 e. The third-order valence-electron chi connectivity index (χ3n) is 3.89. The number of alkyl halides is 3. The molecule has 0 aromatic heterocycles. The summed E-state index contributed by atoms with van der Waals surface area (Å²) in [6, 6.07) is 3.73. The Morgan fingerprint density at radius 3 is 2.55 bits per heavy atom. The molecule has 122 valence electrons. The molecule has 0 saturated carbocycles. The Labute approximate surface area is 128 Å². The van der Waals surface area contributed by atoms with Crippen molar-refractivity contribution in [2.45, 2.75) is 38.3 Å². The van der Waals surface area contributed by atoms with E-state index in [0.717, 1.165) is 38.4 Å². The van der Waals surface area contributed by atoms with Gasteiger partial charge in [0.2, 0.25) is 0 Å². The number of rotatable bonds is 4. The van der Waals surface area contributed by atoms with Crippen LogP contribution in [0.3, 0.4) is 0 Å². The Hall–Kier alpha value is -1.56. The average molecular weight is 314 g/mol. The number of amides is 1. The average Bonchev–Trinajstić information content (AvgIpc) is 2.52. The maximum atomic E-state index is 13.1. The zero-order valence-electron chi connectivity index (χ0n) is 12.6. The molecule has 6 heteroatoms. The van der Waals surface area contributed by atoms with Gasteiger partial charge in [0.05, 0.1) is 5.56 Å². The minimum absolute atomic E-state index is 0.0706.